The normalized spacial score (nSPS) is 16.0. The van der Waals surface area contributed by atoms with Crippen molar-refractivity contribution in [2.75, 3.05) is 37.3 Å². The van der Waals surface area contributed by atoms with Crippen molar-refractivity contribution in [1.29, 1.82) is 0 Å². The zero-order valence-electron chi connectivity index (χ0n) is 14.9. The van der Waals surface area contributed by atoms with Crippen LogP contribution in [0.1, 0.15) is 26.5 Å². The Balaban J connectivity index is 1.93. The predicted molar refractivity (Wildman–Crippen MR) is 91.7 cm³/mol. The minimum Gasteiger partial charge on any atom is -0.444 e. The second-order valence-electron chi connectivity index (χ2n) is 6.79. The number of carbonyl (C=O) groups is 1. The van der Waals surface area contributed by atoms with Crippen LogP contribution in [0, 0.1) is 0 Å². The second kappa shape index (κ2) is 7.52. The summed E-state index contributed by atoms with van der Waals surface area (Å²) in [4.78, 5) is 24.2. The van der Waals surface area contributed by atoms with Crippen molar-refractivity contribution in [3.63, 3.8) is 0 Å². The zero-order chi connectivity index (χ0) is 18.7. The lowest BCUT2D eigenvalue weighted by Gasteiger charge is -2.36. The van der Waals surface area contributed by atoms with Crippen LogP contribution in [-0.2, 0) is 25.6 Å². The van der Waals surface area contributed by atoms with Crippen LogP contribution < -0.4 is 4.90 Å². The van der Waals surface area contributed by atoms with E-state index in [-0.39, 0.29) is 12.7 Å². The van der Waals surface area contributed by atoms with Crippen molar-refractivity contribution in [2.24, 2.45) is 0 Å². The van der Waals surface area contributed by atoms with Gasteiger partial charge in [-0.15, -0.1) is 0 Å². The molecule has 1 aliphatic rings. The van der Waals surface area contributed by atoms with Gasteiger partial charge in [0.25, 0.3) is 10.1 Å². The first kappa shape index (κ1) is 19.4. The van der Waals surface area contributed by atoms with E-state index < -0.39 is 15.7 Å². The van der Waals surface area contributed by atoms with Crippen molar-refractivity contribution < 1.29 is 22.1 Å². The van der Waals surface area contributed by atoms with Crippen LogP contribution in [0.4, 0.5) is 10.6 Å². The summed E-state index contributed by atoms with van der Waals surface area (Å²) in [6.07, 6.45) is 3.73. The molecule has 0 spiro atoms. The largest absolute Gasteiger partial charge is 0.444 e. The number of aromatic nitrogens is 2. The number of carbonyl (C=O) groups excluding carboxylic acids is 1. The van der Waals surface area contributed by atoms with Crippen molar-refractivity contribution in [1.82, 2.24) is 14.9 Å². The van der Waals surface area contributed by atoms with E-state index >= 15 is 0 Å². The monoisotopic (exact) mass is 372 g/mol. The van der Waals surface area contributed by atoms with Crippen LogP contribution in [0.3, 0.4) is 0 Å². The van der Waals surface area contributed by atoms with Gasteiger partial charge in [-0.25, -0.2) is 9.78 Å². The lowest BCUT2D eigenvalue weighted by molar-refractivity contribution is 0.0240. The topological polar surface area (TPSA) is 102 Å². The van der Waals surface area contributed by atoms with Gasteiger partial charge < -0.3 is 14.5 Å². The number of hydrogen-bond donors (Lipinski definition) is 0. The summed E-state index contributed by atoms with van der Waals surface area (Å²) in [6.45, 7) is 7.55. The van der Waals surface area contributed by atoms with Crippen molar-refractivity contribution in [3.05, 3.63) is 18.1 Å². The van der Waals surface area contributed by atoms with Crippen LogP contribution in [0.25, 0.3) is 0 Å². The maximum Gasteiger partial charge on any atom is 0.410 e. The van der Waals surface area contributed by atoms with E-state index in [1.165, 1.54) is 6.20 Å². The molecule has 9 nitrogen and oxygen atoms in total. The molecule has 10 heteroatoms. The first-order valence-electron chi connectivity index (χ1n) is 7.92. The Morgan fingerprint density at radius 1 is 1.20 bits per heavy atom. The van der Waals surface area contributed by atoms with E-state index in [2.05, 4.69) is 9.97 Å². The number of hydrogen-bond acceptors (Lipinski definition) is 8. The molecule has 0 atom stereocenters. The standard InChI is InChI=1S/C15H24N4O5S/c1-15(2,3)24-14(20)19-7-5-18(6-8-19)13-10-16-9-12(17-13)11-23-25(4,21)22/h9-10H,5-8,11H2,1-4H3. The van der Waals surface area contributed by atoms with E-state index in [1.54, 1.807) is 11.1 Å². The molecule has 0 aliphatic carbocycles. The highest BCUT2D eigenvalue weighted by Gasteiger charge is 2.26. The number of nitrogens with zero attached hydrogens (tertiary/aromatic N) is 4. The molecule has 0 N–H and O–H groups in total. The van der Waals surface area contributed by atoms with Crippen LogP contribution in [0.5, 0.6) is 0 Å². The lowest BCUT2D eigenvalue weighted by atomic mass is 10.2. The Bertz CT molecular complexity index is 709. The van der Waals surface area contributed by atoms with E-state index in [0.717, 1.165) is 6.26 Å². The van der Waals surface area contributed by atoms with Gasteiger partial charge in [-0.3, -0.25) is 9.17 Å². The lowest BCUT2D eigenvalue weighted by Crippen LogP contribution is -2.50. The molecule has 1 fully saturated rings. The number of piperazine rings is 1. The fourth-order valence-electron chi connectivity index (χ4n) is 2.23. The summed E-state index contributed by atoms with van der Waals surface area (Å²) in [7, 11) is -3.53. The number of amides is 1. The summed E-state index contributed by atoms with van der Waals surface area (Å²) in [5, 5.41) is 0. The maximum atomic E-state index is 12.1. The third-order valence-electron chi connectivity index (χ3n) is 3.35. The van der Waals surface area contributed by atoms with Crippen molar-refractivity contribution in [3.8, 4) is 0 Å². The van der Waals surface area contributed by atoms with Crippen LogP contribution in [0.2, 0.25) is 0 Å². The fourth-order valence-corrected chi connectivity index (χ4v) is 2.56. The van der Waals surface area contributed by atoms with E-state index in [4.69, 9.17) is 8.92 Å². The Labute approximate surface area is 148 Å². The molecule has 1 saturated heterocycles. The van der Waals surface area contributed by atoms with Gasteiger partial charge in [0.2, 0.25) is 0 Å². The molecule has 1 amide bonds. The van der Waals surface area contributed by atoms with Crippen molar-refractivity contribution >= 4 is 22.0 Å². The molecule has 25 heavy (non-hydrogen) atoms. The summed E-state index contributed by atoms with van der Waals surface area (Å²) in [5.41, 5.74) is -0.0920. The molecular weight excluding hydrogens is 348 g/mol. The maximum absolute atomic E-state index is 12.1. The van der Waals surface area contributed by atoms with Crippen LogP contribution in [-0.4, -0.2) is 67.4 Å². The summed E-state index contributed by atoms with van der Waals surface area (Å²) in [5.74, 6) is 0.624. The van der Waals surface area contributed by atoms with Crippen molar-refractivity contribution in [2.45, 2.75) is 33.0 Å². The Hall–Kier alpha value is -1.94. The second-order valence-corrected chi connectivity index (χ2v) is 8.43. The third kappa shape index (κ3) is 6.46. The number of rotatable bonds is 4. The van der Waals surface area contributed by atoms with Gasteiger partial charge in [0.05, 0.1) is 24.3 Å². The minimum absolute atomic E-state index is 0.155. The van der Waals surface area contributed by atoms with E-state index in [1.807, 2.05) is 25.7 Å². The first-order valence-corrected chi connectivity index (χ1v) is 9.73. The van der Waals surface area contributed by atoms with Gasteiger partial charge in [0.15, 0.2) is 0 Å². The Morgan fingerprint density at radius 3 is 2.40 bits per heavy atom. The smallest absolute Gasteiger partial charge is 0.410 e. The quantitative estimate of drug-likeness (QED) is 0.722. The van der Waals surface area contributed by atoms with Gasteiger partial charge in [0.1, 0.15) is 18.0 Å². The SMILES string of the molecule is CC(C)(C)OC(=O)N1CCN(c2cncc(COS(C)(=O)=O)n2)CC1. The van der Waals surface area contributed by atoms with Gasteiger partial charge >= 0.3 is 6.09 Å². The third-order valence-corrected chi connectivity index (χ3v) is 3.89. The molecule has 2 rings (SSSR count). The molecule has 1 aromatic rings. The van der Waals surface area contributed by atoms with Gasteiger partial charge in [-0.1, -0.05) is 0 Å². The number of ether oxygens (including phenoxy) is 1. The van der Waals surface area contributed by atoms with Crippen LogP contribution >= 0.6 is 0 Å². The van der Waals surface area contributed by atoms with E-state index in [9.17, 15) is 13.2 Å². The Morgan fingerprint density at radius 2 is 1.84 bits per heavy atom. The molecule has 0 aromatic carbocycles. The Kier molecular flexibility index (Phi) is 5.83. The molecular formula is C15H24N4O5S. The molecule has 0 bridgehead atoms. The molecule has 0 radical (unpaired) electrons. The summed E-state index contributed by atoms with van der Waals surface area (Å²) >= 11 is 0. The predicted octanol–water partition coefficient (Wildman–Crippen LogP) is 1.01. The zero-order valence-corrected chi connectivity index (χ0v) is 15.7. The molecule has 1 aromatic heterocycles. The van der Waals surface area contributed by atoms with E-state index in [0.29, 0.717) is 37.7 Å². The fraction of sp³-hybridized carbons (Fsp3) is 0.667. The summed E-state index contributed by atoms with van der Waals surface area (Å²) < 4.78 is 32.2. The average molecular weight is 372 g/mol. The van der Waals surface area contributed by atoms with Gasteiger partial charge in [-0.2, -0.15) is 8.42 Å². The van der Waals surface area contributed by atoms with Gasteiger partial charge in [-0.05, 0) is 20.8 Å². The molecule has 0 unspecified atom stereocenters. The number of anilines is 1. The first-order chi connectivity index (χ1) is 11.5. The molecule has 2 heterocycles. The minimum atomic E-state index is -3.53. The highest BCUT2D eigenvalue weighted by Crippen LogP contribution is 2.16. The average Bonchev–Trinajstić information content (AvgIpc) is 2.51. The van der Waals surface area contributed by atoms with Crippen LogP contribution in [0.15, 0.2) is 12.4 Å². The highest BCUT2D eigenvalue weighted by molar-refractivity contribution is 7.85. The summed E-state index contributed by atoms with van der Waals surface area (Å²) in [6, 6.07) is 0. The van der Waals surface area contributed by atoms with Gasteiger partial charge in [0, 0.05) is 26.2 Å². The molecule has 0 saturated carbocycles. The molecule has 140 valence electrons. The highest BCUT2D eigenvalue weighted by atomic mass is 32.2. The molecule has 1 aliphatic heterocycles.